The number of aromatic amines is 1. The van der Waals surface area contributed by atoms with E-state index in [0.29, 0.717) is 6.04 Å². The van der Waals surface area contributed by atoms with Crippen LogP contribution in [0.4, 0.5) is 0 Å². The van der Waals surface area contributed by atoms with E-state index in [2.05, 4.69) is 30.2 Å². The summed E-state index contributed by atoms with van der Waals surface area (Å²) in [5, 5.41) is 3.45. The van der Waals surface area contributed by atoms with Gasteiger partial charge in [0.2, 0.25) is 0 Å². The molecule has 0 spiro atoms. The van der Waals surface area contributed by atoms with Crippen LogP contribution in [0.1, 0.15) is 28.8 Å². The molecule has 0 aromatic carbocycles. The van der Waals surface area contributed by atoms with Crippen molar-refractivity contribution < 1.29 is 2.85 Å². The van der Waals surface area contributed by atoms with Crippen LogP contribution in [-0.2, 0) is 6.42 Å². The third-order valence-corrected chi connectivity index (χ3v) is 2.11. The maximum Gasteiger partial charge on any atom is 0.0162 e. The third kappa shape index (κ3) is 2.70. The Bertz CT molecular complexity index is 200. The zero-order valence-corrected chi connectivity index (χ0v) is 7.93. The summed E-state index contributed by atoms with van der Waals surface area (Å²) in [6.07, 6.45) is 4.28. The van der Waals surface area contributed by atoms with Crippen LogP contribution in [0.15, 0.2) is 18.3 Å². The standard InChI is InChI=1S/C10H18N2.2H2/c1-3-9(11-4-2)8-10-6-5-7-12-10;;/h5-7,9,11-12H,3-4,8H2,1-2H3;2*1H. The van der Waals surface area contributed by atoms with Gasteiger partial charge in [0.1, 0.15) is 0 Å². The number of likely N-dealkylation sites (N-methyl/N-ethyl adjacent to an activating group) is 1. The molecule has 1 unspecified atom stereocenters. The molecule has 72 valence electrons. The molecule has 1 rings (SSSR count). The summed E-state index contributed by atoms with van der Waals surface area (Å²) in [4.78, 5) is 3.22. The zero-order chi connectivity index (χ0) is 8.81. The maximum absolute atomic E-state index is 3.45. The molecule has 1 heterocycles. The van der Waals surface area contributed by atoms with Crippen LogP contribution in [0, 0.1) is 0 Å². The van der Waals surface area contributed by atoms with Crippen molar-refractivity contribution in [2.75, 3.05) is 6.54 Å². The fraction of sp³-hybridized carbons (Fsp3) is 0.600. The lowest BCUT2D eigenvalue weighted by Crippen LogP contribution is -2.30. The minimum Gasteiger partial charge on any atom is -0.365 e. The van der Waals surface area contributed by atoms with Gasteiger partial charge in [-0.05, 0) is 25.1 Å². The average Bonchev–Trinajstić information content (AvgIpc) is 2.56. The quantitative estimate of drug-likeness (QED) is 0.698. The molecule has 0 aliphatic heterocycles. The molecule has 0 radical (unpaired) electrons. The minimum atomic E-state index is 0. The van der Waals surface area contributed by atoms with Crippen molar-refractivity contribution in [3.05, 3.63) is 24.0 Å². The maximum atomic E-state index is 3.45. The summed E-state index contributed by atoms with van der Waals surface area (Å²) in [6, 6.07) is 4.81. The van der Waals surface area contributed by atoms with Crippen molar-refractivity contribution in [3.8, 4) is 0 Å². The highest BCUT2D eigenvalue weighted by molar-refractivity contribution is 5.05. The van der Waals surface area contributed by atoms with Gasteiger partial charge >= 0.3 is 0 Å². The topological polar surface area (TPSA) is 27.8 Å². The van der Waals surface area contributed by atoms with Crippen LogP contribution in [0.2, 0.25) is 0 Å². The summed E-state index contributed by atoms with van der Waals surface area (Å²) < 4.78 is 0. The van der Waals surface area contributed by atoms with Crippen molar-refractivity contribution in [2.24, 2.45) is 0 Å². The van der Waals surface area contributed by atoms with E-state index in [4.69, 9.17) is 0 Å². The fourth-order valence-corrected chi connectivity index (χ4v) is 1.41. The van der Waals surface area contributed by atoms with E-state index in [1.54, 1.807) is 0 Å². The van der Waals surface area contributed by atoms with E-state index >= 15 is 0 Å². The smallest absolute Gasteiger partial charge is 0.0162 e. The van der Waals surface area contributed by atoms with Gasteiger partial charge < -0.3 is 10.3 Å². The largest absolute Gasteiger partial charge is 0.365 e. The first-order chi connectivity index (χ1) is 5.86. The first kappa shape index (κ1) is 9.33. The van der Waals surface area contributed by atoms with E-state index in [-0.39, 0.29) is 2.85 Å². The van der Waals surface area contributed by atoms with Crippen LogP contribution in [0.3, 0.4) is 0 Å². The molecule has 12 heavy (non-hydrogen) atoms. The van der Waals surface area contributed by atoms with Gasteiger partial charge in [0.25, 0.3) is 0 Å². The SMILES string of the molecule is CCNC(CC)Cc1ccc[nH]1.[HH].[HH]. The van der Waals surface area contributed by atoms with Crippen molar-refractivity contribution in [3.63, 3.8) is 0 Å². The van der Waals surface area contributed by atoms with E-state index in [0.717, 1.165) is 13.0 Å². The summed E-state index contributed by atoms with van der Waals surface area (Å²) in [5.74, 6) is 0. The second kappa shape index (κ2) is 4.99. The molecular formula is C10H22N2. The minimum absolute atomic E-state index is 0. The van der Waals surface area contributed by atoms with Gasteiger partial charge in [-0.1, -0.05) is 13.8 Å². The van der Waals surface area contributed by atoms with Crippen molar-refractivity contribution in [2.45, 2.75) is 32.7 Å². The number of hydrogen-bond acceptors (Lipinski definition) is 1. The predicted molar refractivity (Wildman–Crippen MR) is 56.5 cm³/mol. The number of nitrogens with one attached hydrogen (secondary N) is 2. The van der Waals surface area contributed by atoms with Crippen LogP contribution >= 0.6 is 0 Å². The summed E-state index contributed by atoms with van der Waals surface area (Å²) in [6.45, 7) is 5.42. The van der Waals surface area contributed by atoms with Crippen molar-refractivity contribution in [1.82, 2.24) is 10.3 Å². The Morgan fingerprint density at radius 3 is 2.92 bits per heavy atom. The fourth-order valence-electron chi connectivity index (χ4n) is 1.41. The lowest BCUT2D eigenvalue weighted by molar-refractivity contribution is 0.506. The molecule has 2 nitrogen and oxygen atoms in total. The summed E-state index contributed by atoms with van der Waals surface area (Å²) >= 11 is 0. The van der Waals surface area contributed by atoms with Gasteiger partial charge in [-0.25, -0.2) is 0 Å². The number of rotatable bonds is 5. The lowest BCUT2D eigenvalue weighted by Gasteiger charge is -2.14. The Morgan fingerprint density at radius 1 is 1.58 bits per heavy atom. The molecular weight excluding hydrogens is 148 g/mol. The summed E-state index contributed by atoms with van der Waals surface area (Å²) in [7, 11) is 0. The molecule has 1 aromatic heterocycles. The van der Waals surface area contributed by atoms with Crippen LogP contribution in [0.25, 0.3) is 0 Å². The molecule has 0 aliphatic carbocycles. The Hall–Kier alpha value is -0.760. The Morgan fingerprint density at radius 2 is 2.42 bits per heavy atom. The highest BCUT2D eigenvalue weighted by atomic mass is 14.9. The molecule has 2 heteroatoms. The number of H-pyrrole nitrogens is 1. The van der Waals surface area contributed by atoms with Gasteiger partial charge in [-0.15, -0.1) is 0 Å². The zero-order valence-electron chi connectivity index (χ0n) is 7.93. The number of hydrogen-bond donors (Lipinski definition) is 2. The predicted octanol–water partition coefficient (Wildman–Crippen LogP) is 2.44. The first-order valence-corrected chi connectivity index (χ1v) is 4.72. The average molecular weight is 170 g/mol. The van der Waals surface area contributed by atoms with Crippen molar-refractivity contribution >= 4 is 0 Å². The molecule has 0 amide bonds. The third-order valence-electron chi connectivity index (χ3n) is 2.11. The van der Waals surface area contributed by atoms with Crippen molar-refractivity contribution in [1.29, 1.82) is 0 Å². The van der Waals surface area contributed by atoms with E-state index in [1.165, 1.54) is 12.1 Å². The summed E-state index contributed by atoms with van der Waals surface area (Å²) in [5.41, 5.74) is 1.32. The molecule has 0 saturated carbocycles. The lowest BCUT2D eigenvalue weighted by atomic mass is 10.1. The van der Waals surface area contributed by atoms with Crippen LogP contribution in [-0.4, -0.2) is 17.6 Å². The first-order valence-electron chi connectivity index (χ1n) is 4.72. The van der Waals surface area contributed by atoms with Gasteiger partial charge in [0.05, 0.1) is 0 Å². The molecule has 0 saturated heterocycles. The monoisotopic (exact) mass is 170 g/mol. The molecule has 0 bridgehead atoms. The van der Waals surface area contributed by atoms with E-state index < -0.39 is 0 Å². The normalized spacial score (nSPS) is 13.2. The Kier molecular flexibility index (Phi) is 3.88. The van der Waals surface area contributed by atoms with E-state index in [1.807, 2.05) is 12.3 Å². The number of aromatic nitrogens is 1. The van der Waals surface area contributed by atoms with Gasteiger partial charge in [0, 0.05) is 27.2 Å². The molecule has 0 aliphatic rings. The Balaban J connectivity index is 0. The molecule has 2 N–H and O–H groups in total. The van der Waals surface area contributed by atoms with Crippen LogP contribution in [0.5, 0.6) is 0 Å². The van der Waals surface area contributed by atoms with Gasteiger partial charge in [-0.2, -0.15) is 0 Å². The molecule has 1 atom stereocenters. The Labute approximate surface area is 77.3 Å². The highest BCUT2D eigenvalue weighted by Crippen LogP contribution is 2.02. The highest BCUT2D eigenvalue weighted by Gasteiger charge is 2.04. The molecule has 0 fully saturated rings. The molecule has 1 aromatic rings. The second-order valence-electron chi connectivity index (χ2n) is 3.06. The van der Waals surface area contributed by atoms with Crippen LogP contribution < -0.4 is 5.32 Å². The van der Waals surface area contributed by atoms with Gasteiger partial charge in [0.15, 0.2) is 0 Å². The van der Waals surface area contributed by atoms with Gasteiger partial charge in [-0.3, -0.25) is 0 Å². The van der Waals surface area contributed by atoms with E-state index in [9.17, 15) is 0 Å². The second-order valence-corrected chi connectivity index (χ2v) is 3.06.